The molecule has 1 aliphatic rings. The van der Waals surface area contributed by atoms with Crippen molar-refractivity contribution in [1.82, 2.24) is 0 Å². The van der Waals surface area contributed by atoms with Crippen molar-refractivity contribution in [3.05, 3.63) is 46.0 Å². The fraction of sp³-hybridized carbons (Fsp3) is 0.250. The van der Waals surface area contributed by atoms with Gasteiger partial charge in [0.2, 0.25) is 5.78 Å². The van der Waals surface area contributed by atoms with E-state index in [-0.39, 0.29) is 45.1 Å². The standard InChI is InChI=1S/C20H18O8/c1-24-9-6-10-14(12(7-9)25-2)18(22)15-11(17(10)21)8-13(26-3)16(19(15)27-4)20(23)28-5/h6-8H,1-5H3. The van der Waals surface area contributed by atoms with Gasteiger partial charge >= 0.3 is 5.97 Å². The van der Waals surface area contributed by atoms with Crippen LogP contribution in [0.4, 0.5) is 0 Å². The SMILES string of the molecule is COC(=O)c1c(OC)cc2c(c1OC)C(=O)c1c(OC)cc(OC)cc1C2=O. The second-order valence-electron chi connectivity index (χ2n) is 5.81. The quantitative estimate of drug-likeness (QED) is 0.616. The van der Waals surface area contributed by atoms with Crippen molar-refractivity contribution >= 4 is 17.5 Å². The molecule has 0 amide bonds. The van der Waals surface area contributed by atoms with Gasteiger partial charge in [-0.1, -0.05) is 0 Å². The average Bonchev–Trinajstić information content (AvgIpc) is 2.74. The molecule has 2 aromatic carbocycles. The highest BCUT2D eigenvalue weighted by atomic mass is 16.5. The fourth-order valence-corrected chi connectivity index (χ4v) is 3.25. The van der Waals surface area contributed by atoms with E-state index in [0.29, 0.717) is 5.75 Å². The van der Waals surface area contributed by atoms with Crippen LogP contribution in [0.2, 0.25) is 0 Å². The van der Waals surface area contributed by atoms with Crippen molar-refractivity contribution in [3.63, 3.8) is 0 Å². The summed E-state index contributed by atoms with van der Waals surface area (Å²) in [6, 6.07) is 4.31. The third-order valence-corrected chi connectivity index (χ3v) is 4.53. The first-order valence-electron chi connectivity index (χ1n) is 8.16. The van der Waals surface area contributed by atoms with Gasteiger partial charge in [-0.05, 0) is 12.1 Å². The normalized spacial score (nSPS) is 12.0. The Hall–Kier alpha value is -3.55. The molecular weight excluding hydrogens is 368 g/mol. The van der Waals surface area contributed by atoms with E-state index < -0.39 is 17.5 Å². The average molecular weight is 386 g/mol. The summed E-state index contributed by atoms with van der Waals surface area (Å²) in [5.41, 5.74) is 0.117. The van der Waals surface area contributed by atoms with Gasteiger partial charge in [0.1, 0.15) is 28.6 Å². The predicted molar refractivity (Wildman–Crippen MR) is 97.3 cm³/mol. The fourth-order valence-electron chi connectivity index (χ4n) is 3.25. The van der Waals surface area contributed by atoms with Crippen LogP contribution in [0.15, 0.2) is 18.2 Å². The maximum absolute atomic E-state index is 13.3. The largest absolute Gasteiger partial charge is 0.497 e. The highest BCUT2D eigenvalue weighted by Crippen LogP contribution is 2.43. The van der Waals surface area contributed by atoms with E-state index in [0.717, 1.165) is 0 Å². The number of hydrogen-bond acceptors (Lipinski definition) is 8. The van der Waals surface area contributed by atoms with Crippen molar-refractivity contribution in [2.24, 2.45) is 0 Å². The maximum Gasteiger partial charge on any atom is 0.345 e. The molecule has 3 rings (SSSR count). The van der Waals surface area contributed by atoms with E-state index in [1.165, 1.54) is 53.7 Å². The van der Waals surface area contributed by atoms with Crippen LogP contribution in [0.1, 0.15) is 42.2 Å². The van der Waals surface area contributed by atoms with Gasteiger partial charge in [-0.15, -0.1) is 0 Å². The van der Waals surface area contributed by atoms with Gasteiger partial charge in [-0.2, -0.15) is 0 Å². The molecule has 0 saturated heterocycles. The van der Waals surface area contributed by atoms with Crippen LogP contribution in [0.5, 0.6) is 23.0 Å². The van der Waals surface area contributed by atoms with Gasteiger partial charge in [-0.3, -0.25) is 9.59 Å². The minimum Gasteiger partial charge on any atom is -0.497 e. The molecule has 0 atom stereocenters. The summed E-state index contributed by atoms with van der Waals surface area (Å²) in [5.74, 6) is -1.22. The summed E-state index contributed by atoms with van der Waals surface area (Å²) in [5, 5.41) is 0. The second kappa shape index (κ2) is 7.22. The maximum atomic E-state index is 13.3. The van der Waals surface area contributed by atoms with Crippen LogP contribution >= 0.6 is 0 Å². The van der Waals surface area contributed by atoms with Gasteiger partial charge in [0.15, 0.2) is 5.78 Å². The molecule has 0 heterocycles. The molecule has 28 heavy (non-hydrogen) atoms. The van der Waals surface area contributed by atoms with Crippen molar-refractivity contribution in [1.29, 1.82) is 0 Å². The van der Waals surface area contributed by atoms with E-state index in [4.69, 9.17) is 23.7 Å². The molecule has 0 spiro atoms. The van der Waals surface area contributed by atoms with Crippen LogP contribution in [0.25, 0.3) is 0 Å². The topological polar surface area (TPSA) is 97.4 Å². The van der Waals surface area contributed by atoms with Crippen molar-refractivity contribution in [2.75, 3.05) is 35.5 Å². The molecule has 0 radical (unpaired) electrons. The number of fused-ring (bicyclic) bond motifs is 2. The van der Waals surface area contributed by atoms with E-state index in [9.17, 15) is 14.4 Å². The van der Waals surface area contributed by atoms with Crippen molar-refractivity contribution < 1.29 is 38.1 Å². The lowest BCUT2D eigenvalue weighted by atomic mass is 9.81. The molecule has 0 bridgehead atoms. The number of carbonyl (C=O) groups is 3. The summed E-state index contributed by atoms with van der Waals surface area (Å²) in [6.07, 6.45) is 0. The summed E-state index contributed by atoms with van der Waals surface area (Å²) in [4.78, 5) is 38.8. The zero-order valence-electron chi connectivity index (χ0n) is 16.0. The first-order valence-corrected chi connectivity index (χ1v) is 8.16. The molecule has 0 aliphatic heterocycles. The van der Waals surface area contributed by atoms with Crippen LogP contribution in [-0.4, -0.2) is 53.1 Å². The zero-order valence-corrected chi connectivity index (χ0v) is 16.0. The summed E-state index contributed by atoms with van der Waals surface area (Å²) in [7, 11) is 6.65. The smallest absolute Gasteiger partial charge is 0.345 e. The molecule has 0 unspecified atom stereocenters. The molecular formula is C20H18O8. The molecule has 2 aromatic rings. The lowest BCUT2D eigenvalue weighted by Gasteiger charge is -2.24. The third-order valence-electron chi connectivity index (χ3n) is 4.53. The molecule has 0 fully saturated rings. The van der Waals surface area contributed by atoms with E-state index in [1.807, 2.05) is 0 Å². The Balaban J connectivity index is 2.40. The van der Waals surface area contributed by atoms with Crippen LogP contribution in [0.3, 0.4) is 0 Å². The number of carbonyl (C=O) groups excluding carboxylic acids is 3. The lowest BCUT2D eigenvalue weighted by Crippen LogP contribution is -2.24. The summed E-state index contributed by atoms with van der Waals surface area (Å²) in [6.45, 7) is 0. The molecule has 146 valence electrons. The second-order valence-corrected chi connectivity index (χ2v) is 5.81. The first kappa shape index (κ1) is 19.2. The number of methoxy groups -OCH3 is 5. The highest BCUT2D eigenvalue weighted by molar-refractivity contribution is 6.31. The number of esters is 1. The molecule has 8 nitrogen and oxygen atoms in total. The van der Waals surface area contributed by atoms with E-state index >= 15 is 0 Å². The third kappa shape index (κ3) is 2.65. The Labute approximate surface area is 160 Å². The first-order chi connectivity index (χ1) is 13.4. The zero-order chi connectivity index (χ0) is 20.6. The van der Waals surface area contributed by atoms with Crippen LogP contribution in [-0.2, 0) is 4.74 Å². The van der Waals surface area contributed by atoms with Crippen molar-refractivity contribution in [2.45, 2.75) is 0 Å². The lowest BCUT2D eigenvalue weighted by molar-refractivity contribution is 0.0592. The van der Waals surface area contributed by atoms with Crippen molar-refractivity contribution in [3.8, 4) is 23.0 Å². The Kier molecular flexibility index (Phi) is 4.96. The van der Waals surface area contributed by atoms with Gasteiger partial charge in [-0.25, -0.2) is 4.79 Å². The molecule has 0 aromatic heterocycles. The molecule has 1 aliphatic carbocycles. The Morgan fingerprint density at radius 2 is 1.36 bits per heavy atom. The number of hydrogen-bond donors (Lipinski definition) is 0. The highest BCUT2D eigenvalue weighted by Gasteiger charge is 2.39. The van der Waals surface area contributed by atoms with Gasteiger partial charge < -0.3 is 23.7 Å². The van der Waals surface area contributed by atoms with E-state index in [1.54, 1.807) is 0 Å². The monoisotopic (exact) mass is 386 g/mol. The predicted octanol–water partition coefficient (Wildman–Crippen LogP) is 2.28. The molecule has 0 saturated carbocycles. The number of rotatable bonds is 5. The summed E-state index contributed by atoms with van der Waals surface area (Å²) < 4.78 is 25.9. The number of benzene rings is 2. The van der Waals surface area contributed by atoms with E-state index in [2.05, 4.69) is 0 Å². The van der Waals surface area contributed by atoms with Gasteiger partial charge in [0.05, 0.1) is 46.7 Å². The Bertz CT molecular complexity index is 1010. The molecule has 8 heteroatoms. The van der Waals surface area contributed by atoms with Crippen LogP contribution < -0.4 is 18.9 Å². The van der Waals surface area contributed by atoms with Gasteiger partial charge in [0, 0.05) is 17.2 Å². The van der Waals surface area contributed by atoms with Gasteiger partial charge in [0.25, 0.3) is 0 Å². The Morgan fingerprint density at radius 1 is 0.714 bits per heavy atom. The number of ether oxygens (including phenoxy) is 5. The molecule has 0 N–H and O–H groups in total. The minimum absolute atomic E-state index is 0.0501. The van der Waals surface area contributed by atoms with Crippen LogP contribution in [0, 0.1) is 0 Å². The minimum atomic E-state index is -0.760. The summed E-state index contributed by atoms with van der Waals surface area (Å²) >= 11 is 0. The Morgan fingerprint density at radius 3 is 1.89 bits per heavy atom. The number of ketones is 2.